The molecule has 4 rings (SSSR count). The van der Waals surface area contributed by atoms with Gasteiger partial charge in [0.25, 0.3) is 0 Å². The Balaban J connectivity index is 1.33. The molecular formula is C23H25FN4O4. The molecular weight excluding hydrogens is 415 g/mol. The van der Waals surface area contributed by atoms with Crippen LogP contribution in [0, 0.1) is 5.82 Å². The van der Waals surface area contributed by atoms with Crippen LogP contribution in [0.1, 0.15) is 35.8 Å². The van der Waals surface area contributed by atoms with Crippen molar-refractivity contribution in [1.82, 2.24) is 20.1 Å². The molecule has 4 amide bonds. The molecule has 2 aliphatic heterocycles. The van der Waals surface area contributed by atoms with Crippen molar-refractivity contribution in [1.29, 1.82) is 0 Å². The number of hydrogen-bond donors (Lipinski definition) is 1. The average molecular weight is 440 g/mol. The van der Waals surface area contributed by atoms with E-state index >= 15 is 0 Å². The second-order valence-corrected chi connectivity index (χ2v) is 7.84. The maximum atomic E-state index is 13.9. The third kappa shape index (κ3) is 5.11. The van der Waals surface area contributed by atoms with Crippen molar-refractivity contribution >= 4 is 17.8 Å². The van der Waals surface area contributed by atoms with Crippen LogP contribution >= 0.6 is 0 Å². The predicted octanol–water partition coefficient (Wildman–Crippen LogP) is 2.04. The lowest BCUT2D eigenvalue weighted by molar-refractivity contribution is -0.140. The van der Waals surface area contributed by atoms with Crippen molar-refractivity contribution < 1.29 is 23.5 Å². The molecule has 2 saturated heterocycles. The number of carbonyl (C=O) groups is 3. The third-order valence-corrected chi connectivity index (χ3v) is 5.66. The average Bonchev–Trinajstić information content (AvgIpc) is 2.81. The van der Waals surface area contributed by atoms with Crippen molar-refractivity contribution in [3.63, 3.8) is 0 Å². The summed E-state index contributed by atoms with van der Waals surface area (Å²) in [7, 11) is 0. The van der Waals surface area contributed by atoms with Crippen LogP contribution in [-0.2, 0) is 20.7 Å². The number of benzene rings is 1. The molecule has 2 aromatic rings. The molecule has 0 unspecified atom stereocenters. The van der Waals surface area contributed by atoms with Gasteiger partial charge in [-0.15, -0.1) is 0 Å². The molecule has 1 aromatic heterocycles. The van der Waals surface area contributed by atoms with Crippen molar-refractivity contribution in [3.05, 3.63) is 65.2 Å². The smallest absolute Gasteiger partial charge is 0.324 e. The van der Waals surface area contributed by atoms with Gasteiger partial charge in [-0.2, -0.15) is 0 Å². The van der Waals surface area contributed by atoms with Gasteiger partial charge in [-0.3, -0.25) is 19.5 Å². The molecule has 32 heavy (non-hydrogen) atoms. The number of urea groups is 1. The van der Waals surface area contributed by atoms with Crippen LogP contribution in [-0.4, -0.2) is 65.4 Å². The standard InChI is InChI=1S/C23H25FN4O4/c24-18-4-2-1-3-17(18)13-16-5-6-19(26-14-16)20-15-27(11-12-32-20)21(29)8-10-28-22(30)7-9-25-23(28)31/h1-6,14,20H,7-13,15H2,(H,25,31)/t20-/m1/s1. The van der Waals surface area contributed by atoms with Crippen LogP contribution in [0.25, 0.3) is 0 Å². The number of pyridine rings is 1. The number of ether oxygens (including phenoxy) is 1. The summed E-state index contributed by atoms with van der Waals surface area (Å²) >= 11 is 0. The second kappa shape index (κ2) is 9.86. The van der Waals surface area contributed by atoms with Crippen LogP contribution in [0.5, 0.6) is 0 Å². The van der Waals surface area contributed by atoms with E-state index in [-0.39, 0.29) is 43.1 Å². The fraction of sp³-hybridized carbons (Fsp3) is 0.391. The molecule has 2 aliphatic rings. The van der Waals surface area contributed by atoms with Crippen LogP contribution in [0.15, 0.2) is 42.6 Å². The number of aromatic nitrogens is 1. The maximum absolute atomic E-state index is 13.9. The van der Waals surface area contributed by atoms with Crippen molar-refractivity contribution in [2.24, 2.45) is 0 Å². The van der Waals surface area contributed by atoms with E-state index in [1.807, 2.05) is 12.1 Å². The lowest BCUT2D eigenvalue weighted by atomic mass is 10.1. The first-order valence-electron chi connectivity index (χ1n) is 10.7. The van der Waals surface area contributed by atoms with Crippen molar-refractivity contribution in [3.8, 4) is 0 Å². The SMILES string of the molecule is O=C(CCN1C(=O)CCNC1=O)N1CCO[C@@H](c2ccc(Cc3ccccc3F)cn2)C1. The highest BCUT2D eigenvalue weighted by molar-refractivity contribution is 5.97. The minimum atomic E-state index is -0.450. The molecule has 1 N–H and O–H groups in total. The van der Waals surface area contributed by atoms with E-state index in [1.54, 1.807) is 29.3 Å². The van der Waals surface area contributed by atoms with E-state index in [4.69, 9.17) is 4.74 Å². The van der Waals surface area contributed by atoms with Crippen LogP contribution in [0.4, 0.5) is 9.18 Å². The number of halogens is 1. The molecule has 0 aliphatic carbocycles. The number of amides is 4. The number of carbonyl (C=O) groups excluding carboxylic acids is 3. The zero-order valence-electron chi connectivity index (χ0n) is 17.6. The van der Waals surface area contributed by atoms with Gasteiger partial charge in [-0.05, 0) is 23.3 Å². The molecule has 1 atom stereocenters. The lowest BCUT2D eigenvalue weighted by Gasteiger charge is -2.33. The van der Waals surface area contributed by atoms with E-state index in [1.165, 1.54) is 6.07 Å². The highest BCUT2D eigenvalue weighted by atomic mass is 19.1. The number of nitrogens with one attached hydrogen (secondary N) is 1. The number of nitrogens with zero attached hydrogens (tertiary/aromatic N) is 3. The van der Waals surface area contributed by atoms with Crippen molar-refractivity contribution in [2.75, 3.05) is 32.8 Å². The van der Waals surface area contributed by atoms with Gasteiger partial charge >= 0.3 is 6.03 Å². The normalized spacial score (nSPS) is 19.1. The second-order valence-electron chi connectivity index (χ2n) is 7.84. The first-order chi connectivity index (χ1) is 15.5. The van der Waals surface area contributed by atoms with E-state index in [2.05, 4.69) is 10.3 Å². The zero-order chi connectivity index (χ0) is 22.5. The summed E-state index contributed by atoms with van der Waals surface area (Å²) in [6, 6.07) is 9.92. The molecule has 0 saturated carbocycles. The van der Waals surface area contributed by atoms with E-state index < -0.39 is 6.03 Å². The Morgan fingerprint density at radius 1 is 1.22 bits per heavy atom. The molecule has 9 heteroatoms. The molecule has 1 aromatic carbocycles. The molecule has 168 valence electrons. The van der Waals surface area contributed by atoms with Crippen LogP contribution in [0.2, 0.25) is 0 Å². The van der Waals surface area contributed by atoms with Gasteiger partial charge in [0.2, 0.25) is 11.8 Å². The monoisotopic (exact) mass is 440 g/mol. The number of hydrogen-bond acceptors (Lipinski definition) is 5. The quantitative estimate of drug-likeness (QED) is 0.742. The zero-order valence-corrected chi connectivity index (χ0v) is 17.6. The van der Waals surface area contributed by atoms with Gasteiger partial charge in [0.15, 0.2) is 0 Å². The van der Waals surface area contributed by atoms with Crippen molar-refractivity contribution in [2.45, 2.75) is 25.4 Å². The summed E-state index contributed by atoms with van der Waals surface area (Å²) in [5.41, 5.74) is 2.19. The molecule has 0 bridgehead atoms. The summed E-state index contributed by atoms with van der Waals surface area (Å²) in [5.74, 6) is -0.646. The topological polar surface area (TPSA) is 91.8 Å². The Labute approximate surface area is 185 Å². The molecule has 0 radical (unpaired) electrons. The fourth-order valence-corrected chi connectivity index (χ4v) is 3.86. The maximum Gasteiger partial charge on any atom is 0.324 e. The number of rotatable bonds is 6. The predicted molar refractivity (Wildman–Crippen MR) is 113 cm³/mol. The van der Waals surface area contributed by atoms with E-state index in [0.717, 1.165) is 10.5 Å². The van der Waals surface area contributed by atoms with E-state index in [9.17, 15) is 18.8 Å². The first-order valence-corrected chi connectivity index (χ1v) is 10.7. The summed E-state index contributed by atoms with van der Waals surface area (Å²) in [6.07, 6.45) is 2.10. The van der Waals surface area contributed by atoms with Crippen LogP contribution in [0.3, 0.4) is 0 Å². The van der Waals surface area contributed by atoms with Gasteiger partial charge in [-0.1, -0.05) is 24.3 Å². The summed E-state index contributed by atoms with van der Waals surface area (Å²) in [4.78, 5) is 43.6. The lowest BCUT2D eigenvalue weighted by Crippen LogP contribution is -2.51. The summed E-state index contributed by atoms with van der Waals surface area (Å²) in [5, 5.41) is 2.61. The molecule has 8 nitrogen and oxygen atoms in total. The van der Waals surface area contributed by atoms with Gasteiger partial charge in [-0.25, -0.2) is 9.18 Å². The molecule has 2 fully saturated rings. The minimum Gasteiger partial charge on any atom is -0.368 e. The highest BCUT2D eigenvalue weighted by Crippen LogP contribution is 2.22. The molecule has 0 spiro atoms. The highest BCUT2D eigenvalue weighted by Gasteiger charge is 2.29. The van der Waals surface area contributed by atoms with E-state index in [0.29, 0.717) is 43.9 Å². The Morgan fingerprint density at radius 3 is 2.81 bits per heavy atom. The Kier molecular flexibility index (Phi) is 6.75. The van der Waals surface area contributed by atoms with Gasteiger partial charge < -0.3 is 15.0 Å². The third-order valence-electron chi connectivity index (χ3n) is 5.66. The first kappa shape index (κ1) is 21.9. The Hall–Kier alpha value is -3.33. The fourth-order valence-electron chi connectivity index (χ4n) is 3.86. The van der Waals surface area contributed by atoms with Gasteiger partial charge in [0, 0.05) is 45.1 Å². The van der Waals surface area contributed by atoms with Gasteiger partial charge in [0.1, 0.15) is 11.9 Å². The minimum absolute atomic E-state index is 0.0640. The Morgan fingerprint density at radius 2 is 2.06 bits per heavy atom. The summed E-state index contributed by atoms with van der Waals surface area (Å²) < 4.78 is 19.7. The van der Waals surface area contributed by atoms with Crippen LogP contribution < -0.4 is 5.32 Å². The summed E-state index contributed by atoms with van der Waals surface area (Å²) in [6.45, 7) is 1.56. The number of imide groups is 1. The number of morpholine rings is 1. The largest absolute Gasteiger partial charge is 0.368 e. The molecule has 3 heterocycles. The Bertz CT molecular complexity index is 982. The van der Waals surface area contributed by atoms with Gasteiger partial charge in [0.05, 0.1) is 18.8 Å².